The maximum absolute atomic E-state index is 6.60. The van der Waals surface area contributed by atoms with E-state index >= 15 is 0 Å². The number of pyridine rings is 1. The molecular weight excluding hydrogens is 471 g/mol. The van der Waals surface area contributed by atoms with Gasteiger partial charge in [-0.1, -0.05) is 112 Å². The summed E-state index contributed by atoms with van der Waals surface area (Å²) in [5, 5.41) is 4.80. The van der Waals surface area contributed by atoms with Crippen molar-refractivity contribution in [3.63, 3.8) is 0 Å². The van der Waals surface area contributed by atoms with Gasteiger partial charge in [-0.3, -0.25) is 4.98 Å². The number of nitrogens with zero attached hydrogens (tertiary/aromatic N) is 1. The molecule has 6 rings (SSSR count). The molecule has 0 atom stereocenters. The fraction of sp³-hybridized carbons (Fsp3) is 0.121. The maximum Gasteiger partial charge on any atom is 0.150 e. The summed E-state index contributed by atoms with van der Waals surface area (Å²) in [7, 11) is -1.00. The van der Waals surface area contributed by atoms with Crippen molar-refractivity contribution in [3.8, 4) is 17.0 Å². The second kappa shape index (κ2) is 9.50. The average Bonchev–Trinajstić information content (AvgIpc) is 3.31. The Morgan fingerprint density at radius 2 is 1.32 bits per heavy atom. The Labute approximate surface area is 219 Å². The molecule has 0 fully saturated rings. The van der Waals surface area contributed by atoms with Crippen LogP contribution in [-0.2, 0) is 5.41 Å². The van der Waals surface area contributed by atoms with E-state index in [0.29, 0.717) is 0 Å². The number of benzene rings is 4. The number of aromatic amines is 1. The summed E-state index contributed by atoms with van der Waals surface area (Å²) < 4.78 is 6.60. The highest BCUT2D eigenvalue weighted by Gasteiger charge is 2.24. The van der Waals surface area contributed by atoms with Crippen LogP contribution in [0.2, 0.25) is 0 Å². The van der Waals surface area contributed by atoms with E-state index in [9.17, 15) is 0 Å². The van der Waals surface area contributed by atoms with Gasteiger partial charge < -0.3 is 9.51 Å². The van der Waals surface area contributed by atoms with E-state index in [4.69, 9.17) is 9.51 Å². The van der Waals surface area contributed by atoms with Crippen molar-refractivity contribution in [2.45, 2.75) is 26.2 Å². The van der Waals surface area contributed by atoms with Gasteiger partial charge >= 0.3 is 0 Å². The summed E-state index contributed by atoms with van der Waals surface area (Å²) in [5.74, 6) is 0.767. The van der Waals surface area contributed by atoms with Crippen LogP contribution < -0.4 is 15.1 Å². The molecule has 0 radical (unpaired) electrons. The van der Waals surface area contributed by atoms with E-state index in [1.54, 1.807) is 0 Å². The van der Waals surface area contributed by atoms with Crippen LogP contribution in [0, 0.1) is 0 Å². The van der Waals surface area contributed by atoms with Gasteiger partial charge in [0.25, 0.3) is 0 Å². The molecule has 182 valence electrons. The molecule has 0 bridgehead atoms. The summed E-state index contributed by atoms with van der Waals surface area (Å²) in [4.78, 5) is 8.63. The molecule has 0 spiro atoms. The van der Waals surface area contributed by atoms with E-state index in [2.05, 4.69) is 123 Å². The fourth-order valence-corrected chi connectivity index (χ4v) is 6.59. The molecule has 0 saturated heterocycles. The van der Waals surface area contributed by atoms with Crippen LogP contribution in [0.5, 0.6) is 5.75 Å². The van der Waals surface area contributed by atoms with Crippen molar-refractivity contribution in [2.75, 3.05) is 0 Å². The third kappa shape index (κ3) is 4.52. The third-order valence-corrected chi connectivity index (χ3v) is 8.59. The molecule has 0 unspecified atom stereocenters. The number of rotatable bonds is 5. The fourth-order valence-electron chi connectivity index (χ4n) is 4.88. The smallest absolute Gasteiger partial charge is 0.150 e. The van der Waals surface area contributed by atoms with Gasteiger partial charge in [-0.15, -0.1) is 0 Å². The molecule has 4 heteroatoms. The number of para-hydroxylation sites is 1. The zero-order valence-corrected chi connectivity index (χ0v) is 22.2. The van der Waals surface area contributed by atoms with Crippen LogP contribution in [0.25, 0.3) is 33.1 Å². The average molecular weight is 501 g/mol. The quantitative estimate of drug-likeness (QED) is 0.243. The van der Waals surface area contributed by atoms with Crippen LogP contribution in [0.15, 0.2) is 115 Å². The minimum absolute atomic E-state index is 0.0351. The lowest BCUT2D eigenvalue weighted by molar-refractivity contribution is 0.592. The van der Waals surface area contributed by atoms with Crippen molar-refractivity contribution >= 4 is 40.6 Å². The molecule has 2 heterocycles. The van der Waals surface area contributed by atoms with Crippen molar-refractivity contribution < 1.29 is 4.52 Å². The van der Waals surface area contributed by atoms with Crippen LogP contribution >= 0.6 is 8.15 Å². The first-order valence-electron chi connectivity index (χ1n) is 12.6. The van der Waals surface area contributed by atoms with Crippen molar-refractivity contribution in [3.05, 3.63) is 121 Å². The minimum atomic E-state index is -1.00. The number of nitrogens with one attached hydrogen (secondary N) is 1. The molecule has 0 saturated carbocycles. The molecule has 0 aliphatic carbocycles. The number of fused-ring (bicyclic) bond motifs is 3. The highest BCUT2D eigenvalue weighted by molar-refractivity contribution is 7.68. The molecule has 37 heavy (non-hydrogen) atoms. The monoisotopic (exact) mass is 500 g/mol. The molecule has 3 nitrogen and oxygen atoms in total. The van der Waals surface area contributed by atoms with Gasteiger partial charge in [0.05, 0.1) is 17.4 Å². The first-order chi connectivity index (χ1) is 18.0. The molecule has 6 aromatic rings. The lowest BCUT2D eigenvalue weighted by Crippen LogP contribution is -2.15. The Kier molecular flexibility index (Phi) is 6.02. The van der Waals surface area contributed by atoms with Gasteiger partial charge in [-0.25, -0.2) is 0 Å². The Morgan fingerprint density at radius 1 is 0.676 bits per heavy atom. The predicted molar refractivity (Wildman–Crippen MR) is 157 cm³/mol. The van der Waals surface area contributed by atoms with Gasteiger partial charge in [-0.05, 0) is 29.2 Å². The second-order valence-corrected chi connectivity index (χ2v) is 12.1. The van der Waals surface area contributed by atoms with E-state index in [0.717, 1.165) is 28.0 Å². The number of hydrogen-bond acceptors (Lipinski definition) is 2. The molecule has 4 aromatic carbocycles. The molecule has 1 N–H and O–H groups in total. The van der Waals surface area contributed by atoms with Crippen molar-refractivity contribution in [1.29, 1.82) is 0 Å². The summed E-state index contributed by atoms with van der Waals surface area (Å²) in [6, 6.07) is 38.0. The maximum atomic E-state index is 6.60. The van der Waals surface area contributed by atoms with Gasteiger partial charge in [0.1, 0.15) is 5.75 Å². The molecule has 0 aliphatic heterocycles. The third-order valence-electron chi connectivity index (χ3n) is 6.66. The predicted octanol–water partition coefficient (Wildman–Crippen LogP) is 8.11. The Balaban J connectivity index is 1.43. The molecule has 0 aliphatic rings. The largest absolute Gasteiger partial charge is 0.463 e. The Hall–Kier alpha value is -3.94. The van der Waals surface area contributed by atoms with Crippen LogP contribution in [0.3, 0.4) is 0 Å². The Morgan fingerprint density at radius 3 is 1.95 bits per heavy atom. The van der Waals surface area contributed by atoms with E-state index < -0.39 is 8.15 Å². The van der Waals surface area contributed by atoms with E-state index in [-0.39, 0.29) is 5.41 Å². The first kappa shape index (κ1) is 23.5. The molecule has 2 aromatic heterocycles. The van der Waals surface area contributed by atoms with Gasteiger partial charge in [-0.2, -0.15) is 0 Å². The van der Waals surface area contributed by atoms with Gasteiger partial charge in [0.15, 0.2) is 8.15 Å². The highest BCUT2D eigenvalue weighted by Crippen LogP contribution is 2.41. The number of aromatic nitrogens is 2. The summed E-state index contributed by atoms with van der Waals surface area (Å²) in [6.07, 6.45) is 1.87. The topological polar surface area (TPSA) is 37.9 Å². The first-order valence-corrected chi connectivity index (χ1v) is 13.8. The second-order valence-electron chi connectivity index (χ2n) is 10.3. The summed E-state index contributed by atoms with van der Waals surface area (Å²) >= 11 is 0. The minimum Gasteiger partial charge on any atom is -0.463 e. The van der Waals surface area contributed by atoms with Crippen molar-refractivity contribution in [1.82, 2.24) is 9.97 Å². The zero-order chi connectivity index (χ0) is 25.4. The highest BCUT2D eigenvalue weighted by atomic mass is 31.1. The van der Waals surface area contributed by atoms with Gasteiger partial charge in [0, 0.05) is 32.5 Å². The van der Waals surface area contributed by atoms with E-state index in [1.807, 2.05) is 18.3 Å². The standard InChI is InChI=1S/C33H29N2OP/c1-33(2,3)28-20-19-27-26-16-10-11-17-29(26)35-32(27)31(28)30-21-18-23(22-34-30)36-37(24-12-6-4-7-13-24)25-14-8-5-9-15-25/h4-22,35H,1-3H3. The molecule has 0 amide bonds. The lowest BCUT2D eigenvalue weighted by atomic mass is 9.82. The van der Waals surface area contributed by atoms with Gasteiger partial charge in [0.2, 0.25) is 0 Å². The van der Waals surface area contributed by atoms with Crippen molar-refractivity contribution in [2.24, 2.45) is 0 Å². The number of H-pyrrole nitrogens is 1. The van der Waals surface area contributed by atoms with Crippen LogP contribution in [-0.4, -0.2) is 9.97 Å². The van der Waals surface area contributed by atoms with Crippen LogP contribution in [0.1, 0.15) is 26.3 Å². The normalized spacial score (nSPS) is 11.9. The lowest BCUT2D eigenvalue weighted by Gasteiger charge is -2.24. The van der Waals surface area contributed by atoms with E-state index in [1.165, 1.54) is 26.9 Å². The van der Waals surface area contributed by atoms with Crippen LogP contribution in [0.4, 0.5) is 0 Å². The Bertz CT molecular complexity index is 1630. The zero-order valence-electron chi connectivity index (χ0n) is 21.3. The summed E-state index contributed by atoms with van der Waals surface area (Å²) in [5.41, 5.74) is 5.60. The molecular formula is C33H29N2OP. The SMILES string of the molecule is CC(C)(C)c1ccc2c([nH]c3ccccc32)c1-c1ccc(OP(c2ccccc2)c2ccccc2)cn1. The summed E-state index contributed by atoms with van der Waals surface area (Å²) in [6.45, 7) is 6.76. The number of hydrogen-bond donors (Lipinski definition) is 1.